The fourth-order valence-corrected chi connectivity index (χ4v) is 3.34. The molecule has 1 N–H and O–H groups in total. The minimum Gasteiger partial charge on any atom is -0.318 e. The zero-order valence-corrected chi connectivity index (χ0v) is 13.7. The van der Waals surface area contributed by atoms with Crippen LogP contribution in [-0.2, 0) is 4.79 Å². The predicted molar refractivity (Wildman–Crippen MR) is 86.1 cm³/mol. The summed E-state index contributed by atoms with van der Waals surface area (Å²) in [6, 6.07) is 7.79. The van der Waals surface area contributed by atoms with Gasteiger partial charge in [0.15, 0.2) is 0 Å². The van der Waals surface area contributed by atoms with Crippen molar-refractivity contribution in [1.29, 1.82) is 0 Å². The van der Waals surface area contributed by atoms with Gasteiger partial charge in [0.2, 0.25) is 5.91 Å². The van der Waals surface area contributed by atoms with Gasteiger partial charge >= 0.3 is 0 Å². The lowest BCUT2D eigenvalue weighted by Gasteiger charge is -2.30. The monoisotopic (exact) mass is 312 g/mol. The van der Waals surface area contributed by atoms with Crippen LogP contribution in [-0.4, -0.2) is 34.4 Å². The molecule has 3 unspecified atom stereocenters. The molecule has 5 heteroatoms. The van der Waals surface area contributed by atoms with Gasteiger partial charge in [-0.2, -0.15) is 11.8 Å². The molecule has 110 valence electrons. The lowest BCUT2D eigenvalue weighted by Crippen LogP contribution is -2.39. The van der Waals surface area contributed by atoms with Crippen molar-refractivity contribution >= 4 is 29.3 Å². The number of amides is 1. The molecule has 1 aromatic carbocycles. The van der Waals surface area contributed by atoms with Gasteiger partial charge in [-0.15, -0.1) is 0 Å². The quantitative estimate of drug-likeness (QED) is 0.905. The lowest BCUT2D eigenvalue weighted by atomic mass is 10.1. The topological polar surface area (TPSA) is 32.3 Å². The summed E-state index contributed by atoms with van der Waals surface area (Å²) in [6.45, 7) is 6.18. The summed E-state index contributed by atoms with van der Waals surface area (Å²) in [5.41, 5.74) is 1.08. The first-order chi connectivity index (χ1) is 9.54. The Hall–Kier alpha value is -0.710. The van der Waals surface area contributed by atoms with Crippen molar-refractivity contribution in [3.63, 3.8) is 0 Å². The van der Waals surface area contributed by atoms with Crippen LogP contribution in [0, 0.1) is 0 Å². The second kappa shape index (κ2) is 6.83. The number of rotatable bonds is 5. The van der Waals surface area contributed by atoms with E-state index in [2.05, 4.69) is 19.2 Å². The fourth-order valence-electron chi connectivity index (χ4n) is 2.48. The highest BCUT2D eigenvalue weighted by Crippen LogP contribution is 2.29. The van der Waals surface area contributed by atoms with Crippen molar-refractivity contribution in [3.8, 4) is 0 Å². The van der Waals surface area contributed by atoms with Crippen LogP contribution in [0.2, 0.25) is 5.02 Å². The molecule has 2 rings (SSSR count). The minimum absolute atomic E-state index is 0.0535. The number of thioether (sulfide) groups is 1. The van der Waals surface area contributed by atoms with E-state index in [1.165, 1.54) is 0 Å². The second-order valence-electron chi connectivity index (χ2n) is 5.10. The zero-order chi connectivity index (χ0) is 14.7. The standard InChI is InChI=1S/C15H21ClN2OS/c1-4-20-9-10(2)18-14(17-11(3)15(18)19)12-5-7-13(16)8-6-12/h5-8,10-11,14,17H,4,9H2,1-3H3. The normalized spacial score (nSPS) is 24.2. The predicted octanol–water partition coefficient (Wildman–Crippen LogP) is 3.30. The minimum atomic E-state index is -0.134. The first kappa shape index (κ1) is 15.7. The van der Waals surface area contributed by atoms with Gasteiger partial charge < -0.3 is 4.90 Å². The molecule has 1 aliphatic rings. The molecule has 1 aliphatic heterocycles. The Bertz CT molecular complexity index is 465. The Kier molecular flexibility index (Phi) is 5.35. The maximum absolute atomic E-state index is 12.4. The fraction of sp³-hybridized carbons (Fsp3) is 0.533. The molecule has 1 aromatic rings. The number of benzene rings is 1. The summed E-state index contributed by atoms with van der Waals surface area (Å²) in [4.78, 5) is 14.4. The largest absolute Gasteiger partial charge is 0.318 e. The van der Waals surface area contributed by atoms with Crippen LogP contribution in [0.4, 0.5) is 0 Å². The highest BCUT2D eigenvalue weighted by atomic mass is 35.5. The van der Waals surface area contributed by atoms with E-state index in [0.717, 1.165) is 17.1 Å². The lowest BCUT2D eigenvalue weighted by molar-refractivity contribution is -0.131. The molecule has 0 aliphatic carbocycles. The summed E-state index contributed by atoms with van der Waals surface area (Å²) in [6.07, 6.45) is -0.0535. The molecule has 1 amide bonds. The molecule has 0 bridgehead atoms. The van der Waals surface area contributed by atoms with Crippen LogP contribution < -0.4 is 5.32 Å². The maximum atomic E-state index is 12.4. The molecule has 3 atom stereocenters. The first-order valence-electron chi connectivity index (χ1n) is 6.96. The number of carbonyl (C=O) groups is 1. The third kappa shape index (κ3) is 3.30. The van der Waals surface area contributed by atoms with E-state index in [0.29, 0.717) is 5.02 Å². The summed E-state index contributed by atoms with van der Waals surface area (Å²) >= 11 is 7.80. The van der Waals surface area contributed by atoms with E-state index in [-0.39, 0.29) is 24.2 Å². The Labute approximate surface area is 130 Å². The van der Waals surface area contributed by atoms with E-state index in [4.69, 9.17) is 11.6 Å². The van der Waals surface area contributed by atoms with Crippen molar-refractivity contribution in [2.24, 2.45) is 0 Å². The van der Waals surface area contributed by atoms with Crippen molar-refractivity contribution in [2.45, 2.75) is 39.0 Å². The van der Waals surface area contributed by atoms with E-state index in [1.807, 2.05) is 47.9 Å². The molecule has 0 saturated carbocycles. The average molecular weight is 313 g/mol. The highest BCUT2D eigenvalue weighted by molar-refractivity contribution is 7.99. The van der Waals surface area contributed by atoms with Gasteiger partial charge in [0, 0.05) is 16.8 Å². The summed E-state index contributed by atoms with van der Waals surface area (Å²) in [5.74, 6) is 2.20. The first-order valence-corrected chi connectivity index (χ1v) is 8.49. The molecule has 1 fully saturated rings. The van der Waals surface area contributed by atoms with Crippen molar-refractivity contribution in [2.75, 3.05) is 11.5 Å². The van der Waals surface area contributed by atoms with E-state index in [1.54, 1.807) is 0 Å². The molecular weight excluding hydrogens is 292 g/mol. The van der Waals surface area contributed by atoms with Crippen LogP contribution in [0.5, 0.6) is 0 Å². The Morgan fingerprint density at radius 2 is 2.05 bits per heavy atom. The molecule has 0 spiro atoms. The van der Waals surface area contributed by atoms with Crippen LogP contribution in [0.15, 0.2) is 24.3 Å². The number of nitrogens with one attached hydrogen (secondary N) is 1. The number of halogens is 1. The molecular formula is C15H21ClN2OS. The van der Waals surface area contributed by atoms with Crippen molar-refractivity contribution in [1.82, 2.24) is 10.2 Å². The Morgan fingerprint density at radius 3 is 2.65 bits per heavy atom. The van der Waals surface area contributed by atoms with Crippen molar-refractivity contribution in [3.05, 3.63) is 34.9 Å². The van der Waals surface area contributed by atoms with Crippen LogP contribution in [0.3, 0.4) is 0 Å². The van der Waals surface area contributed by atoms with Crippen LogP contribution >= 0.6 is 23.4 Å². The summed E-state index contributed by atoms with van der Waals surface area (Å²) < 4.78 is 0. The van der Waals surface area contributed by atoms with E-state index >= 15 is 0 Å². The number of nitrogens with zero attached hydrogens (tertiary/aromatic N) is 1. The Morgan fingerprint density at radius 1 is 1.40 bits per heavy atom. The third-order valence-electron chi connectivity index (χ3n) is 3.53. The van der Waals surface area contributed by atoms with Crippen LogP contribution in [0.1, 0.15) is 32.5 Å². The van der Waals surface area contributed by atoms with Gasteiger partial charge in [-0.05, 0) is 37.3 Å². The third-order valence-corrected chi connectivity index (χ3v) is 4.91. The molecule has 0 aromatic heterocycles. The van der Waals surface area contributed by atoms with Gasteiger partial charge in [0.05, 0.1) is 6.04 Å². The summed E-state index contributed by atoms with van der Waals surface area (Å²) in [7, 11) is 0. The maximum Gasteiger partial charge on any atom is 0.241 e. The van der Waals surface area contributed by atoms with Crippen molar-refractivity contribution < 1.29 is 4.79 Å². The van der Waals surface area contributed by atoms with E-state index in [9.17, 15) is 4.79 Å². The van der Waals surface area contributed by atoms with Crippen LogP contribution in [0.25, 0.3) is 0 Å². The molecule has 3 nitrogen and oxygen atoms in total. The molecule has 1 heterocycles. The second-order valence-corrected chi connectivity index (χ2v) is 6.85. The highest BCUT2D eigenvalue weighted by Gasteiger charge is 2.39. The van der Waals surface area contributed by atoms with Gasteiger partial charge in [0.25, 0.3) is 0 Å². The van der Waals surface area contributed by atoms with Gasteiger partial charge in [-0.1, -0.05) is 30.7 Å². The number of hydrogen-bond acceptors (Lipinski definition) is 3. The SMILES string of the molecule is CCSCC(C)N1C(=O)C(C)NC1c1ccc(Cl)cc1. The van der Waals surface area contributed by atoms with Gasteiger partial charge in [0.1, 0.15) is 6.17 Å². The summed E-state index contributed by atoms with van der Waals surface area (Å²) in [5, 5.41) is 4.09. The van der Waals surface area contributed by atoms with Gasteiger partial charge in [-0.25, -0.2) is 0 Å². The zero-order valence-electron chi connectivity index (χ0n) is 12.1. The smallest absolute Gasteiger partial charge is 0.241 e. The molecule has 0 radical (unpaired) electrons. The number of carbonyl (C=O) groups excluding carboxylic acids is 1. The number of hydrogen-bond donors (Lipinski definition) is 1. The molecule has 20 heavy (non-hydrogen) atoms. The average Bonchev–Trinajstić information content (AvgIpc) is 2.73. The molecule has 1 saturated heterocycles. The van der Waals surface area contributed by atoms with Gasteiger partial charge in [-0.3, -0.25) is 10.1 Å². The Balaban J connectivity index is 2.21. The van der Waals surface area contributed by atoms with E-state index < -0.39 is 0 Å².